The van der Waals surface area contributed by atoms with Crippen LogP contribution in [0.1, 0.15) is 28.9 Å². The lowest BCUT2D eigenvalue weighted by Crippen LogP contribution is -2.32. The summed E-state index contributed by atoms with van der Waals surface area (Å²) in [5.41, 5.74) is 2.40. The summed E-state index contributed by atoms with van der Waals surface area (Å²) in [5.74, 6) is 0.323. The van der Waals surface area contributed by atoms with E-state index >= 15 is 0 Å². The molecule has 1 aromatic carbocycles. The van der Waals surface area contributed by atoms with Crippen molar-refractivity contribution in [3.8, 4) is 6.07 Å². The van der Waals surface area contributed by atoms with Crippen LogP contribution < -0.4 is 15.5 Å². The number of hydrogen-bond donors (Lipinski definition) is 2. The zero-order valence-corrected chi connectivity index (χ0v) is 15.9. The van der Waals surface area contributed by atoms with Crippen LogP contribution >= 0.6 is 0 Å². The zero-order chi connectivity index (χ0) is 19.8. The van der Waals surface area contributed by atoms with Gasteiger partial charge in [-0.25, -0.2) is 9.50 Å². The quantitative estimate of drug-likeness (QED) is 0.714. The smallest absolute Gasteiger partial charge is 0.274 e. The van der Waals surface area contributed by atoms with E-state index in [0.29, 0.717) is 28.3 Å². The predicted molar refractivity (Wildman–Crippen MR) is 109 cm³/mol. The molecule has 1 saturated heterocycles. The van der Waals surface area contributed by atoms with E-state index in [4.69, 9.17) is 0 Å². The van der Waals surface area contributed by atoms with Gasteiger partial charge in [0, 0.05) is 31.6 Å². The molecule has 1 saturated carbocycles. The molecule has 3 aromatic rings. The van der Waals surface area contributed by atoms with Gasteiger partial charge in [0.15, 0.2) is 0 Å². The normalized spacial score (nSPS) is 17.7. The van der Waals surface area contributed by atoms with E-state index in [-0.39, 0.29) is 5.91 Å². The maximum atomic E-state index is 12.9. The van der Waals surface area contributed by atoms with Gasteiger partial charge in [-0.3, -0.25) is 4.79 Å². The number of para-hydroxylation sites is 1. The summed E-state index contributed by atoms with van der Waals surface area (Å²) < 4.78 is 1.63. The number of nitrogens with one attached hydrogen (secondary N) is 2. The number of amides is 1. The molecule has 1 aliphatic carbocycles. The zero-order valence-electron chi connectivity index (χ0n) is 15.9. The van der Waals surface area contributed by atoms with Crippen molar-refractivity contribution < 1.29 is 4.79 Å². The van der Waals surface area contributed by atoms with E-state index in [1.807, 2.05) is 6.07 Å². The minimum absolute atomic E-state index is 0.312. The Bertz CT molecular complexity index is 1130. The summed E-state index contributed by atoms with van der Waals surface area (Å²) in [5, 5.41) is 20.3. The van der Waals surface area contributed by atoms with Crippen molar-refractivity contribution in [1.82, 2.24) is 19.9 Å². The van der Waals surface area contributed by atoms with Crippen molar-refractivity contribution in [2.75, 3.05) is 36.4 Å². The summed E-state index contributed by atoms with van der Waals surface area (Å²) in [7, 11) is 0. The summed E-state index contributed by atoms with van der Waals surface area (Å²) >= 11 is 0. The first-order valence-corrected chi connectivity index (χ1v) is 9.78. The predicted octanol–water partition coefficient (Wildman–Crippen LogP) is 2.04. The van der Waals surface area contributed by atoms with Crippen LogP contribution in [0, 0.1) is 16.7 Å². The van der Waals surface area contributed by atoms with Crippen LogP contribution in [0.3, 0.4) is 0 Å². The third-order valence-electron chi connectivity index (χ3n) is 5.74. The Kier molecular flexibility index (Phi) is 4.18. The number of aromatic nitrogens is 3. The molecule has 146 valence electrons. The molecular formula is C21H21N7O. The van der Waals surface area contributed by atoms with E-state index in [0.717, 1.165) is 31.7 Å². The van der Waals surface area contributed by atoms with Crippen LogP contribution in [0.4, 0.5) is 11.6 Å². The largest absolute Gasteiger partial charge is 0.338 e. The minimum Gasteiger partial charge on any atom is -0.338 e. The fourth-order valence-corrected chi connectivity index (χ4v) is 3.88. The molecule has 5 rings (SSSR count). The summed E-state index contributed by atoms with van der Waals surface area (Å²) in [4.78, 5) is 19.6. The highest BCUT2D eigenvalue weighted by molar-refractivity contribution is 6.04. The summed E-state index contributed by atoms with van der Waals surface area (Å²) in [6, 6.07) is 12.6. The number of carbonyl (C=O) groups excluding carboxylic acids is 1. The number of fused-ring (bicyclic) bond motifs is 1. The molecule has 2 aromatic heterocycles. The van der Waals surface area contributed by atoms with Crippen molar-refractivity contribution in [2.45, 2.75) is 12.8 Å². The van der Waals surface area contributed by atoms with Crippen LogP contribution in [-0.2, 0) is 0 Å². The van der Waals surface area contributed by atoms with Crippen molar-refractivity contribution in [2.24, 2.45) is 5.41 Å². The van der Waals surface area contributed by atoms with Crippen molar-refractivity contribution in [3.05, 3.63) is 53.9 Å². The third-order valence-corrected chi connectivity index (χ3v) is 5.74. The summed E-state index contributed by atoms with van der Waals surface area (Å²) in [6.45, 7) is 3.71. The first-order valence-electron chi connectivity index (χ1n) is 9.78. The number of nitriles is 1. The Hall–Kier alpha value is -3.44. The van der Waals surface area contributed by atoms with Gasteiger partial charge < -0.3 is 15.5 Å². The van der Waals surface area contributed by atoms with Gasteiger partial charge >= 0.3 is 0 Å². The second kappa shape index (κ2) is 6.87. The number of benzene rings is 1. The Balaban J connectivity index is 1.45. The second-order valence-corrected chi connectivity index (χ2v) is 7.82. The van der Waals surface area contributed by atoms with E-state index in [9.17, 15) is 10.1 Å². The maximum absolute atomic E-state index is 12.9. The molecule has 2 aliphatic rings. The van der Waals surface area contributed by atoms with E-state index < -0.39 is 0 Å². The van der Waals surface area contributed by atoms with Crippen molar-refractivity contribution >= 4 is 23.1 Å². The standard InChI is InChI=1S/C21H21N7O/c22-11-15-3-1-2-4-17(15)25-19(29)18-6-5-16-12-24-20(26-28(16)18)27-10-9-23-13-21(14-27)7-8-21/h1-6,12,23H,7-10,13-14H2,(H,25,29). The highest BCUT2D eigenvalue weighted by Gasteiger charge is 2.45. The lowest BCUT2D eigenvalue weighted by atomic mass is 10.1. The lowest BCUT2D eigenvalue weighted by Gasteiger charge is -2.23. The Morgan fingerprint density at radius 1 is 1.24 bits per heavy atom. The molecule has 0 bridgehead atoms. The average molecular weight is 387 g/mol. The number of hydrogen-bond acceptors (Lipinski definition) is 6. The highest BCUT2D eigenvalue weighted by atomic mass is 16.2. The van der Waals surface area contributed by atoms with Gasteiger partial charge in [-0.15, -0.1) is 5.10 Å². The molecule has 2 fully saturated rings. The topological polar surface area (TPSA) is 98.3 Å². The van der Waals surface area contributed by atoms with Gasteiger partial charge in [-0.1, -0.05) is 12.1 Å². The number of carbonyl (C=O) groups is 1. The van der Waals surface area contributed by atoms with E-state index in [2.05, 4.69) is 31.7 Å². The molecule has 0 unspecified atom stereocenters. The van der Waals surface area contributed by atoms with Gasteiger partial charge in [0.25, 0.3) is 5.91 Å². The second-order valence-electron chi connectivity index (χ2n) is 7.82. The fourth-order valence-electron chi connectivity index (χ4n) is 3.88. The molecule has 0 radical (unpaired) electrons. The van der Waals surface area contributed by atoms with Gasteiger partial charge in [0.2, 0.25) is 5.95 Å². The minimum atomic E-state index is -0.312. The van der Waals surface area contributed by atoms with Gasteiger partial charge in [0.05, 0.1) is 23.0 Å². The van der Waals surface area contributed by atoms with Gasteiger partial charge in [-0.2, -0.15) is 5.26 Å². The molecule has 8 heteroatoms. The number of rotatable bonds is 3. The molecule has 1 aliphatic heterocycles. The first kappa shape index (κ1) is 17.6. The molecule has 8 nitrogen and oxygen atoms in total. The Morgan fingerprint density at radius 3 is 2.93 bits per heavy atom. The van der Waals surface area contributed by atoms with Gasteiger partial charge in [0.1, 0.15) is 11.8 Å². The van der Waals surface area contributed by atoms with Crippen LogP contribution in [0.2, 0.25) is 0 Å². The third kappa shape index (κ3) is 3.30. The Labute approximate surface area is 168 Å². The summed E-state index contributed by atoms with van der Waals surface area (Å²) in [6.07, 6.45) is 4.21. The fraction of sp³-hybridized carbons (Fsp3) is 0.333. The maximum Gasteiger partial charge on any atom is 0.274 e. The molecule has 1 spiro atoms. The van der Waals surface area contributed by atoms with Crippen LogP contribution in [0.5, 0.6) is 0 Å². The average Bonchev–Trinajstić information content (AvgIpc) is 3.44. The number of anilines is 2. The molecule has 29 heavy (non-hydrogen) atoms. The highest BCUT2D eigenvalue weighted by Crippen LogP contribution is 2.46. The number of nitrogens with zero attached hydrogens (tertiary/aromatic N) is 5. The van der Waals surface area contributed by atoms with Crippen molar-refractivity contribution in [1.29, 1.82) is 5.26 Å². The molecular weight excluding hydrogens is 366 g/mol. The van der Waals surface area contributed by atoms with Crippen LogP contribution in [0.15, 0.2) is 42.6 Å². The molecule has 1 amide bonds. The van der Waals surface area contributed by atoms with Crippen LogP contribution in [-0.4, -0.2) is 46.7 Å². The lowest BCUT2D eigenvalue weighted by molar-refractivity contribution is 0.102. The van der Waals surface area contributed by atoms with Gasteiger partial charge in [-0.05, 0) is 37.1 Å². The van der Waals surface area contributed by atoms with E-state index in [1.165, 1.54) is 12.8 Å². The monoisotopic (exact) mass is 387 g/mol. The Morgan fingerprint density at radius 2 is 2.10 bits per heavy atom. The molecule has 3 heterocycles. The molecule has 0 atom stereocenters. The van der Waals surface area contributed by atoms with E-state index in [1.54, 1.807) is 41.0 Å². The first-order chi connectivity index (χ1) is 14.2. The van der Waals surface area contributed by atoms with Crippen molar-refractivity contribution in [3.63, 3.8) is 0 Å². The van der Waals surface area contributed by atoms with Crippen LogP contribution in [0.25, 0.3) is 5.52 Å². The molecule has 2 N–H and O–H groups in total. The SMILES string of the molecule is N#Cc1ccccc1NC(=O)c1ccc2cnc(N3CCNCC4(CC4)C3)nn12.